The molecule has 1 aliphatic heterocycles. The molecular formula is C22H23N5O3. The zero-order valence-electron chi connectivity index (χ0n) is 16.9. The van der Waals surface area contributed by atoms with Gasteiger partial charge in [0.25, 0.3) is 0 Å². The smallest absolute Gasteiger partial charge is 0.417 e. The monoisotopic (exact) mass is 405 g/mol. The van der Waals surface area contributed by atoms with E-state index in [1.165, 1.54) is 11.2 Å². The van der Waals surface area contributed by atoms with Crippen LogP contribution in [0.4, 0.5) is 16.7 Å². The molecule has 154 valence electrons. The van der Waals surface area contributed by atoms with Crippen molar-refractivity contribution in [3.05, 3.63) is 66.5 Å². The van der Waals surface area contributed by atoms with Crippen molar-refractivity contribution in [1.82, 2.24) is 15.0 Å². The van der Waals surface area contributed by atoms with E-state index in [9.17, 15) is 4.79 Å². The number of anilines is 2. The molecule has 1 aromatic heterocycles. The quantitative estimate of drug-likeness (QED) is 0.616. The molecule has 2 heterocycles. The van der Waals surface area contributed by atoms with Gasteiger partial charge in [-0.3, -0.25) is 0 Å². The second-order valence-corrected chi connectivity index (χ2v) is 6.97. The van der Waals surface area contributed by atoms with Gasteiger partial charge in [0, 0.05) is 0 Å². The van der Waals surface area contributed by atoms with Gasteiger partial charge in [-0.25, -0.2) is 19.7 Å². The van der Waals surface area contributed by atoms with Crippen LogP contribution in [0.15, 0.2) is 60.9 Å². The Morgan fingerprint density at radius 2 is 1.87 bits per heavy atom. The summed E-state index contributed by atoms with van der Waals surface area (Å²) in [5.41, 5.74) is 1.05. The predicted molar refractivity (Wildman–Crippen MR) is 113 cm³/mol. The second kappa shape index (κ2) is 8.77. The van der Waals surface area contributed by atoms with Crippen LogP contribution in [-0.2, 0) is 4.74 Å². The van der Waals surface area contributed by atoms with Crippen LogP contribution in [0.2, 0.25) is 0 Å². The third kappa shape index (κ3) is 4.32. The minimum atomic E-state index is -0.430. The van der Waals surface area contributed by atoms with Crippen LogP contribution >= 0.6 is 0 Å². The van der Waals surface area contributed by atoms with Crippen LogP contribution in [0.25, 0.3) is 0 Å². The van der Waals surface area contributed by atoms with Gasteiger partial charge >= 0.3 is 6.09 Å². The molecule has 1 unspecified atom stereocenters. The van der Waals surface area contributed by atoms with E-state index in [-0.39, 0.29) is 12.1 Å². The number of rotatable bonds is 7. The fourth-order valence-corrected chi connectivity index (χ4v) is 3.21. The number of benzene rings is 2. The Hall–Kier alpha value is -3.68. The zero-order chi connectivity index (χ0) is 20.9. The lowest BCUT2D eigenvalue weighted by Gasteiger charge is -2.19. The zero-order valence-corrected chi connectivity index (χ0v) is 16.9. The maximum Gasteiger partial charge on any atom is 0.417 e. The first kappa shape index (κ1) is 19.6. The van der Waals surface area contributed by atoms with Crippen LogP contribution in [0.5, 0.6) is 11.5 Å². The summed E-state index contributed by atoms with van der Waals surface area (Å²) in [6, 6.07) is 17.3. The average Bonchev–Trinajstić information content (AvgIpc) is 3.15. The van der Waals surface area contributed by atoms with Crippen molar-refractivity contribution in [2.24, 2.45) is 0 Å². The molecule has 0 spiro atoms. The molecule has 0 radical (unpaired) electrons. The van der Waals surface area contributed by atoms with E-state index in [2.05, 4.69) is 20.3 Å². The third-order valence-electron chi connectivity index (χ3n) is 4.91. The van der Waals surface area contributed by atoms with Gasteiger partial charge in [0.1, 0.15) is 24.4 Å². The fourth-order valence-electron chi connectivity index (χ4n) is 3.21. The van der Waals surface area contributed by atoms with E-state index in [1.807, 2.05) is 68.4 Å². The summed E-state index contributed by atoms with van der Waals surface area (Å²) in [5.74, 6) is 2.24. The van der Waals surface area contributed by atoms with Gasteiger partial charge in [0.05, 0.1) is 12.1 Å². The highest BCUT2D eigenvalue weighted by molar-refractivity contribution is 5.88. The van der Waals surface area contributed by atoms with E-state index >= 15 is 0 Å². The number of nitrogens with one attached hydrogen (secondary N) is 1. The van der Waals surface area contributed by atoms with E-state index in [1.54, 1.807) is 0 Å². The lowest BCUT2D eigenvalue weighted by atomic mass is 10.1. The Labute approximate surface area is 174 Å². The van der Waals surface area contributed by atoms with Gasteiger partial charge in [-0.1, -0.05) is 37.3 Å². The molecule has 30 heavy (non-hydrogen) atoms. The van der Waals surface area contributed by atoms with E-state index in [0.717, 1.165) is 23.5 Å². The predicted octanol–water partition coefficient (Wildman–Crippen LogP) is 4.57. The van der Waals surface area contributed by atoms with Gasteiger partial charge in [-0.05, 0) is 43.2 Å². The van der Waals surface area contributed by atoms with Crippen LogP contribution in [0.3, 0.4) is 0 Å². The molecule has 0 bridgehead atoms. The number of cyclic esters (lactones) is 1. The molecule has 1 aliphatic rings. The van der Waals surface area contributed by atoms with E-state index < -0.39 is 6.09 Å². The van der Waals surface area contributed by atoms with Crippen LogP contribution in [0.1, 0.15) is 31.9 Å². The number of hydrogen-bond acceptors (Lipinski definition) is 7. The topological polar surface area (TPSA) is 89.5 Å². The Balaban J connectivity index is 1.44. The minimum Gasteiger partial charge on any atom is -0.457 e. The normalized spacial score (nSPS) is 16.8. The molecular weight excluding hydrogens is 382 g/mol. The SMILES string of the molecule is CC[C@H]1COC(=O)N1c1ncnc(NC(C)c2ccc(Oc3ccccc3)cc2)n1. The summed E-state index contributed by atoms with van der Waals surface area (Å²) in [6.07, 6.45) is 1.72. The molecule has 1 fully saturated rings. The summed E-state index contributed by atoms with van der Waals surface area (Å²) in [6.45, 7) is 4.35. The maximum atomic E-state index is 12.0. The molecule has 3 aromatic rings. The average molecular weight is 405 g/mol. The van der Waals surface area contributed by atoms with E-state index in [4.69, 9.17) is 9.47 Å². The van der Waals surface area contributed by atoms with Crippen LogP contribution < -0.4 is 15.0 Å². The first-order valence-electron chi connectivity index (χ1n) is 9.88. The van der Waals surface area contributed by atoms with Crippen molar-refractivity contribution in [1.29, 1.82) is 0 Å². The van der Waals surface area contributed by atoms with Crippen molar-refractivity contribution in [2.75, 3.05) is 16.8 Å². The Morgan fingerprint density at radius 1 is 1.13 bits per heavy atom. The molecule has 2 aromatic carbocycles. The van der Waals surface area contributed by atoms with Gasteiger partial charge in [-0.2, -0.15) is 4.98 Å². The number of aromatic nitrogens is 3. The van der Waals surface area contributed by atoms with Crippen molar-refractivity contribution in [3.63, 3.8) is 0 Å². The molecule has 0 aliphatic carbocycles. The molecule has 4 rings (SSSR count). The molecule has 8 heteroatoms. The highest BCUT2D eigenvalue weighted by atomic mass is 16.6. The van der Waals surface area contributed by atoms with Gasteiger partial charge in [-0.15, -0.1) is 0 Å². The number of para-hydroxylation sites is 1. The highest BCUT2D eigenvalue weighted by Crippen LogP contribution is 2.25. The number of ether oxygens (including phenoxy) is 2. The molecule has 1 N–H and O–H groups in total. The number of nitrogens with zero attached hydrogens (tertiary/aromatic N) is 4. The molecule has 1 saturated heterocycles. The second-order valence-electron chi connectivity index (χ2n) is 6.97. The van der Waals surface area contributed by atoms with Gasteiger partial charge < -0.3 is 14.8 Å². The molecule has 0 saturated carbocycles. The third-order valence-corrected chi connectivity index (χ3v) is 4.91. The fraction of sp³-hybridized carbons (Fsp3) is 0.273. The first-order valence-corrected chi connectivity index (χ1v) is 9.88. The van der Waals surface area contributed by atoms with Crippen LogP contribution in [0, 0.1) is 0 Å². The van der Waals surface area contributed by atoms with Crippen molar-refractivity contribution in [2.45, 2.75) is 32.4 Å². The van der Waals surface area contributed by atoms with Gasteiger partial charge in [0.2, 0.25) is 11.9 Å². The number of hydrogen-bond donors (Lipinski definition) is 1. The first-order chi connectivity index (χ1) is 14.6. The standard InChI is InChI=1S/C22H23N5O3/c1-3-17-13-29-22(28)27(17)21-24-14-23-20(26-21)25-15(2)16-9-11-19(12-10-16)30-18-7-5-4-6-8-18/h4-12,14-15,17H,3,13H2,1-2H3,(H,23,24,25,26)/t15?,17-/m0/s1. The minimum absolute atomic E-state index is 0.0569. The Morgan fingerprint density at radius 3 is 2.60 bits per heavy atom. The molecule has 8 nitrogen and oxygen atoms in total. The Bertz CT molecular complexity index is 997. The summed E-state index contributed by atoms with van der Waals surface area (Å²) < 4.78 is 11.0. The van der Waals surface area contributed by atoms with Crippen molar-refractivity contribution < 1.29 is 14.3 Å². The summed E-state index contributed by atoms with van der Waals surface area (Å²) >= 11 is 0. The number of carbonyl (C=O) groups excluding carboxylic acids is 1. The highest BCUT2D eigenvalue weighted by Gasteiger charge is 2.35. The number of carbonyl (C=O) groups is 1. The maximum absolute atomic E-state index is 12.0. The van der Waals surface area contributed by atoms with Crippen LogP contribution in [-0.4, -0.2) is 33.7 Å². The molecule has 1 amide bonds. The summed E-state index contributed by atoms with van der Waals surface area (Å²) in [4.78, 5) is 26.3. The summed E-state index contributed by atoms with van der Waals surface area (Å²) in [5, 5.41) is 3.26. The summed E-state index contributed by atoms with van der Waals surface area (Å²) in [7, 11) is 0. The largest absolute Gasteiger partial charge is 0.457 e. The Kier molecular flexibility index (Phi) is 5.74. The van der Waals surface area contributed by atoms with Crippen molar-refractivity contribution >= 4 is 18.0 Å². The lowest BCUT2D eigenvalue weighted by Crippen LogP contribution is -2.34. The van der Waals surface area contributed by atoms with E-state index in [0.29, 0.717) is 18.5 Å². The molecule has 2 atom stereocenters. The van der Waals surface area contributed by atoms with Crippen molar-refractivity contribution in [3.8, 4) is 11.5 Å². The van der Waals surface area contributed by atoms with Gasteiger partial charge in [0.15, 0.2) is 0 Å². The lowest BCUT2D eigenvalue weighted by molar-refractivity contribution is 0.178. The number of amides is 1.